The molecular formula is C6H7Cl2N3O2. The van der Waals surface area contributed by atoms with Gasteiger partial charge >= 0.3 is 0 Å². The fourth-order valence-corrected chi connectivity index (χ4v) is 0.929. The van der Waals surface area contributed by atoms with E-state index in [1.165, 1.54) is 12.1 Å². The first-order chi connectivity index (χ1) is 5.65. The molecule has 5 nitrogen and oxygen atoms in total. The number of nitro benzene ring substituents is 1. The van der Waals surface area contributed by atoms with Crippen LogP contribution in [0.1, 0.15) is 0 Å². The number of nitro groups is 1. The van der Waals surface area contributed by atoms with Crippen LogP contribution in [0.4, 0.5) is 11.4 Å². The summed E-state index contributed by atoms with van der Waals surface area (Å²) in [4.78, 5) is 9.78. The summed E-state index contributed by atoms with van der Waals surface area (Å²) in [5.41, 5.74) is 2.58. The highest BCUT2D eigenvalue weighted by Crippen LogP contribution is 2.26. The van der Waals surface area contributed by atoms with Crippen LogP contribution in [0, 0.1) is 10.1 Å². The molecule has 0 heterocycles. The van der Waals surface area contributed by atoms with Gasteiger partial charge in [-0.2, -0.15) is 0 Å². The van der Waals surface area contributed by atoms with Crippen molar-refractivity contribution in [1.29, 1.82) is 0 Å². The van der Waals surface area contributed by atoms with Gasteiger partial charge in [-0.1, -0.05) is 11.6 Å². The van der Waals surface area contributed by atoms with E-state index in [2.05, 4.69) is 5.43 Å². The molecule has 0 atom stereocenters. The molecule has 0 bridgehead atoms. The molecule has 0 aliphatic carbocycles. The maximum absolute atomic E-state index is 10.3. The molecule has 0 radical (unpaired) electrons. The van der Waals surface area contributed by atoms with Crippen LogP contribution in [0.5, 0.6) is 0 Å². The number of halogens is 2. The highest BCUT2D eigenvalue weighted by atomic mass is 35.5. The first kappa shape index (κ1) is 12.0. The Balaban J connectivity index is 0.00000144. The quantitative estimate of drug-likeness (QED) is 0.457. The molecule has 1 aromatic rings. The lowest BCUT2D eigenvalue weighted by atomic mass is 10.3. The second kappa shape index (κ2) is 4.86. The van der Waals surface area contributed by atoms with E-state index in [1.807, 2.05) is 0 Å². The lowest BCUT2D eigenvalue weighted by molar-refractivity contribution is -0.384. The first-order valence-corrected chi connectivity index (χ1v) is 3.43. The topological polar surface area (TPSA) is 81.2 Å². The van der Waals surface area contributed by atoms with Crippen molar-refractivity contribution in [2.45, 2.75) is 0 Å². The van der Waals surface area contributed by atoms with Gasteiger partial charge in [0.25, 0.3) is 5.69 Å². The highest BCUT2D eigenvalue weighted by molar-refractivity contribution is 6.32. The minimum Gasteiger partial charge on any atom is -0.324 e. The molecule has 1 rings (SSSR count). The third kappa shape index (κ3) is 2.73. The number of hydrazine groups is 1. The Morgan fingerprint density at radius 1 is 1.54 bits per heavy atom. The molecule has 72 valence electrons. The lowest BCUT2D eigenvalue weighted by Gasteiger charge is -1.99. The van der Waals surface area contributed by atoms with E-state index in [4.69, 9.17) is 17.4 Å². The van der Waals surface area contributed by atoms with Crippen molar-refractivity contribution in [2.75, 3.05) is 5.43 Å². The summed E-state index contributed by atoms with van der Waals surface area (Å²) in [6.07, 6.45) is 0. The van der Waals surface area contributed by atoms with E-state index in [0.29, 0.717) is 5.69 Å². The van der Waals surface area contributed by atoms with Gasteiger partial charge in [-0.05, 0) is 12.1 Å². The minimum atomic E-state index is -0.566. The van der Waals surface area contributed by atoms with Gasteiger partial charge in [0, 0.05) is 6.07 Å². The van der Waals surface area contributed by atoms with Crippen molar-refractivity contribution in [3.63, 3.8) is 0 Å². The van der Waals surface area contributed by atoms with Crippen LogP contribution < -0.4 is 11.3 Å². The number of hydrogen-bond acceptors (Lipinski definition) is 4. The molecule has 0 aliphatic heterocycles. The summed E-state index contributed by atoms with van der Waals surface area (Å²) in [5.74, 6) is 5.05. The Bertz CT molecular complexity index is 319. The van der Waals surface area contributed by atoms with Gasteiger partial charge in [0.2, 0.25) is 0 Å². The molecule has 3 N–H and O–H groups in total. The van der Waals surface area contributed by atoms with Gasteiger partial charge in [-0.15, -0.1) is 12.4 Å². The Kier molecular flexibility index (Phi) is 4.47. The van der Waals surface area contributed by atoms with E-state index in [0.717, 1.165) is 0 Å². The van der Waals surface area contributed by atoms with Crippen molar-refractivity contribution >= 4 is 35.4 Å². The molecule has 0 aromatic heterocycles. The van der Waals surface area contributed by atoms with Gasteiger partial charge in [0.1, 0.15) is 5.02 Å². The van der Waals surface area contributed by atoms with Crippen LogP contribution in [-0.4, -0.2) is 4.92 Å². The monoisotopic (exact) mass is 223 g/mol. The molecule has 0 aliphatic rings. The van der Waals surface area contributed by atoms with Crippen molar-refractivity contribution in [3.8, 4) is 0 Å². The van der Waals surface area contributed by atoms with Crippen LogP contribution >= 0.6 is 24.0 Å². The standard InChI is InChI=1S/C6H6ClN3O2.ClH/c7-5-2-1-4(9-8)3-6(5)10(11)12;/h1-3,9H,8H2;1H. The Labute approximate surface area is 85.4 Å². The summed E-state index contributed by atoms with van der Waals surface area (Å²) in [5, 5.41) is 10.4. The normalized spacial score (nSPS) is 8.77. The summed E-state index contributed by atoms with van der Waals surface area (Å²) < 4.78 is 0. The number of nitrogens with one attached hydrogen (secondary N) is 1. The van der Waals surface area contributed by atoms with Crippen LogP contribution in [0.25, 0.3) is 0 Å². The SMILES string of the molecule is Cl.NNc1ccc(Cl)c([N+](=O)[O-])c1. The zero-order chi connectivity index (χ0) is 9.14. The number of anilines is 1. The number of benzene rings is 1. The average molecular weight is 224 g/mol. The van der Waals surface area contributed by atoms with Crippen molar-refractivity contribution in [3.05, 3.63) is 33.3 Å². The van der Waals surface area contributed by atoms with E-state index < -0.39 is 4.92 Å². The number of nitrogen functional groups attached to an aromatic ring is 1. The van der Waals surface area contributed by atoms with E-state index >= 15 is 0 Å². The molecular weight excluding hydrogens is 217 g/mol. The smallest absolute Gasteiger partial charge is 0.289 e. The van der Waals surface area contributed by atoms with Gasteiger partial charge in [-0.3, -0.25) is 16.0 Å². The average Bonchev–Trinajstić information content (AvgIpc) is 2.05. The maximum atomic E-state index is 10.3. The van der Waals surface area contributed by atoms with Crippen molar-refractivity contribution in [1.82, 2.24) is 0 Å². The summed E-state index contributed by atoms with van der Waals surface area (Å²) in [7, 11) is 0. The largest absolute Gasteiger partial charge is 0.324 e. The number of nitrogens with two attached hydrogens (primary N) is 1. The molecule has 0 saturated carbocycles. The Hall–Kier alpha value is -1.04. The number of nitrogens with zero attached hydrogens (tertiary/aromatic N) is 1. The molecule has 1 aromatic carbocycles. The Morgan fingerprint density at radius 3 is 2.62 bits per heavy atom. The molecule has 0 fully saturated rings. The lowest BCUT2D eigenvalue weighted by Crippen LogP contribution is -2.06. The van der Waals surface area contributed by atoms with Crippen molar-refractivity contribution < 1.29 is 4.92 Å². The fraction of sp³-hybridized carbons (Fsp3) is 0. The predicted octanol–water partition coefficient (Wildman–Crippen LogP) is 1.96. The first-order valence-electron chi connectivity index (χ1n) is 3.05. The maximum Gasteiger partial charge on any atom is 0.289 e. The summed E-state index contributed by atoms with van der Waals surface area (Å²) in [6, 6.07) is 4.23. The van der Waals surface area contributed by atoms with Gasteiger partial charge in [0.05, 0.1) is 10.6 Å². The zero-order valence-electron chi connectivity index (χ0n) is 6.36. The third-order valence-electron chi connectivity index (χ3n) is 1.31. The predicted molar refractivity (Wildman–Crippen MR) is 53.2 cm³/mol. The third-order valence-corrected chi connectivity index (χ3v) is 1.63. The van der Waals surface area contributed by atoms with Gasteiger partial charge < -0.3 is 5.43 Å². The second-order valence-corrected chi connectivity index (χ2v) is 2.47. The van der Waals surface area contributed by atoms with Crippen LogP contribution in [-0.2, 0) is 0 Å². The summed E-state index contributed by atoms with van der Waals surface area (Å²) in [6.45, 7) is 0. The fourth-order valence-electron chi connectivity index (χ4n) is 0.742. The molecule has 0 amide bonds. The van der Waals surface area contributed by atoms with Gasteiger partial charge in [0.15, 0.2) is 0 Å². The zero-order valence-corrected chi connectivity index (χ0v) is 7.93. The van der Waals surface area contributed by atoms with E-state index in [1.54, 1.807) is 6.07 Å². The molecule has 7 heteroatoms. The van der Waals surface area contributed by atoms with Crippen LogP contribution in [0.3, 0.4) is 0 Å². The van der Waals surface area contributed by atoms with Crippen molar-refractivity contribution in [2.24, 2.45) is 5.84 Å². The molecule has 0 spiro atoms. The summed E-state index contributed by atoms with van der Waals surface area (Å²) >= 11 is 5.54. The van der Waals surface area contributed by atoms with E-state index in [-0.39, 0.29) is 23.1 Å². The van der Waals surface area contributed by atoms with E-state index in [9.17, 15) is 10.1 Å². The van der Waals surface area contributed by atoms with Crippen LogP contribution in [0.15, 0.2) is 18.2 Å². The van der Waals surface area contributed by atoms with Crippen LogP contribution in [0.2, 0.25) is 5.02 Å². The molecule has 0 unspecified atom stereocenters. The molecule has 0 saturated heterocycles. The van der Waals surface area contributed by atoms with Gasteiger partial charge in [-0.25, -0.2) is 0 Å². The highest BCUT2D eigenvalue weighted by Gasteiger charge is 2.11. The second-order valence-electron chi connectivity index (χ2n) is 2.07. The minimum absolute atomic E-state index is 0. The Morgan fingerprint density at radius 2 is 2.15 bits per heavy atom. The molecule has 13 heavy (non-hydrogen) atoms. The number of rotatable bonds is 2. The number of hydrogen-bond donors (Lipinski definition) is 2.